The summed E-state index contributed by atoms with van der Waals surface area (Å²) >= 11 is 0. The maximum absolute atomic E-state index is 12.1. The second-order valence-corrected chi connectivity index (χ2v) is 6.22. The lowest BCUT2D eigenvalue weighted by atomic mass is 10.1. The molecule has 1 aliphatic rings. The number of nitrogens with one attached hydrogen (secondary N) is 1. The van der Waals surface area contributed by atoms with E-state index >= 15 is 0 Å². The minimum Gasteiger partial charge on any atom is -0.347 e. The number of hydrogen-bond acceptors (Lipinski definition) is 6. The molecule has 4 rings (SSSR count). The zero-order chi connectivity index (χ0) is 18.6. The van der Waals surface area contributed by atoms with Crippen molar-refractivity contribution in [3.8, 4) is 6.07 Å². The molecule has 0 saturated carbocycles. The topological polar surface area (TPSA) is 94.8 Å². The zero-order valence-corrected chi connectivity index (χ0v) is 14.5. The Bertz CT molecular complexity index is 1030. The third-order valence-electron chi connectivity index (χ3n) is 4.47. The fraction of sp³-hybridized carbons (Fsp3) is 0.150. The molecule has 1 amide bonds. The van der Waals surface area contributed by atoms with Gasteiger partial charge >= 0.3 is 0 Å². The summed E-state index contributed by atoms with van der Waals surface area (Å²) in [5.41, 5.74) is 4.31. The van der Waals surface area contributed by atoms with Gasteiger partial charge < -0.3 is 10.2 Å². The molecule has 7 heteroatoms. The molecule has 0 aliphatic carbocycles. The van der Waals surface area contributed by atoms with E-state index in [4.69, 9.17) is 0 Å². The predicted octanol–water partition coefficient (Wildman–Crippen LogP) is 2.19. The van der Waals surface area contributed by atoms with E-state index in [1.54, 1.807) is 30.6 Å². The molecule has 0 spiro atoms. The number of carbonyl (C=O) groups is 1. The second-order valence-electron chi connectivity index (χ2n) is 6.22. The fourth-order valence-electron chi connectivity index (χ4n) is 3.14. The summed E-state index contributed by atoms with van der Waals surface area (Å²) in [6.07, 6.45) is 4.60. The highest BCUT2D eigenvalue weighted by Gasteiger charge is 2.22. The van der Waals surface area contributed by atoms with Crippen LogP contribution in [0.1, 0.15) is 32.7 Å². The number of aromatic nitrogens is 3. The molecule has 7 nitrogen and oxygen atoms in total. The molecule has 1 aromatic carbocycles. The van der Waals surface area contributed by atoms with Gasteiger partial charge in [-0.05, 0) is 34.9 Å². The monoisotopic (exact) mass is 356 g/mol. The lowest BCUT2D eigenvalue weighted by Gasteiger charge is -2.17. The Morgan fingerprint density at radius 1 is 1.15 bits per heavy atom. The minimum atomic E-state index is -0.230. The number of nitrogens with zero attached hydrogens (tertiary/aromatic N) is 5. The number of fused-ring (bicyclic) bond motifs is 1. The van der Waals surface area contributed by atoms with Gasteiger partial charge in [0.1, 0.15) is 23.9 Å². The largest absolute Gasteiger partial charge is 0.347 e. The first-order valence-electron chi connectivity index (χ1n) is 8.49. The maximum atomic E-state index is 12.1. The molecule has 3 aromatic rings. The molecule has 2 aromatic heterocycles. The second kappa shape index (κ2) is 7.22. The van der Waals surface area contributed by atoms with Crippen molar-refractivity contribution in [2.24, 2.45) is 0 Å². The quantitative estimate of drug-likeness (QED) is 0.770. The van der Waals surface area contributed by atoms with E-state index in [-0.39, 0.29) is 5.91 Å². The number of rotatable bonds is 4. The summed E-state index contributed by atoms with van der Waals surface area (Å²) in [6.45, 7) is 1.83. The van der Waals surface area contributed by atoms with Gasteiger partial charge in [0.25, 0.3) is 5.91 Å². The first-order valence-corrected chi connectivity index (χ1v) is 8.49. The molecule has 0 fully saturated rings. The Labute approximate surface area is 156 Å². The van der Waals surface area contributed by atoms with Crippen molar-refractivity contribution in [3.63, 3.8) is 0 Å². The van der Waals surface area contributed by atoms with Crippen LogP contribution in [-0.2, 0) is 19.6 Å². The van der Waals surface area contributed by atoms with Crippen LogP contribution in [0, 0.1) is 11.3 Å². The van der Waals surface area contributed by atoms with E-state index in [1.165, 1.54) is 17.5 Å². The highest BCUT2D eigenvalue weighted by Crippen LogP contribution is 2.29. The number of carbonyl (C=O) groups excluding carboxylic acids is 1. The molecular formula is C20H16N6O. The molecule has 0 bridgehead atoms. The Morgan fingerprint density at radius 2 is 2.04 bits per heavy atom. The van der Waals surface area contributed by atoms with Crippen LogP contribution >= 0.6 is 0 Å². The van der Waals surface area contributed by atoms with E-state index < -0.39 is 0 Å². The van der Waals surface area contributed by atoms with Gasteiger partial charge in [0.2, 0.25) is 0 Å². The van der Waals surface area contributed by atoms with Crippen LogP contribution in [0.4, 0.5) is 5.82 Å². The molecule has 0 saturated heterocycles. The summed E-state index contributed by atoms with van der Waals surface area (Å²) in [7, 11) is 0. The van der Waals surface area contributed by atoms with Crippen LogP contribution in [0.3, 0.4) is 0 Å². The Balaban J connectivity index is 1.46. The highest BCUT2D eigenvalue weighted by atomic mass is 16.1. The summed E-state index contributed by atoms with van der Waals surface area (Å²) in [4.78, 5) is 26.3. The van der Waals surface area contributed by atoms with Gasteiger partial charge in [-0.3, -0.25) is 4.79 Å². The van der Waals surface area contributed by atoms with E-state index in [0.29, 0.717) is 36.7 Å². The fourth-order valence-corrected chi connectivity index (χ4v) is 3.14. The van der Waals surface area contributed by atoms with Crippen LogP contribution in [0.15, 0.2) is 55.1 Å². The number of hydrogen-bond donors (Lipinski definition) is 1. The molecule has 0 radical (unpaired) electrons. The minimum absolute atomic E-state index is 0.230. The van der Waals surface area contributed by atoms with Crippen molar-refractivity contribution in [2.75, 3.05) is 4.90 Å². The van der Waals surface area contributed by atoms with Crippen LogP contribution in [-0.4, -0.2) is 20.9 Å². The van der Waals surface area contributed by atoms with Crippen LogP contribution in [0.2, 0.25) is 0 Å². The molecule has 27 heavy (non-hydrogen) atoms. The Kier molecular flexibility index (Phi) is 4.45. The number of benzene rings is 1. The smallest absolute Gasteiger partial charge is 0.270 e. The first kappa shape index (κ1) is 16.7. The van der Waals surface area contributed by atoms with E-state index in [2.05, 4.69) is 43.4 Å². The lowest BCUT2D eigenvalue weighted by Crippen LogP contribution is -2.23. The Morgan fingerprint density at radius 3 is 2.85 bits per heavy atom. The average Bonchev–Trinajstić information content (AvgIpc) is 3.15. The van der Waals surface area contributed by atoms with Crippen molar-refractivity contribution >= 4 is 11.7 Å². The molecule has 1 aliphatic heterocycles. The van der Waals surface area contributed by atoms with Gasteiger partial charge in [-0.1, -0.05) is 18.2 Å². The summed E-state index contributed by atoms with van der Waals surface area (Å²) in [5.74, 6) is 0.474. The standard InChI is InChI=1S/C20H16N6O/c21-9-15-2-1-6-23-19(15)26-11-16-4-3-14(8-17(16)12-26)10-24-20(27)18-5-7-22-13-25-18/h1-8,13H,10-12H2,(H,24,27). The van der Waals surface area contributed by atoms with Gasteiger partial charge in [0.05, 0.1) is 5.56 Å². The number of nitriles is 1. The summed E-state index contributed by atoms with van der Waals surface area (Å²) in [6, 6.07) is 13.5. The van der Waals surface area contributed by atoms with Crippen molar-refractivity contribution in [3.05, 3.63) is 83.1 Å². The van der Waals surface area contributed by atoms with Crippen LogP contribution < -0.4 is 10.2 Å². The Hall–Kier alpha value is -3.79. The number of pyridine rings is 1. The van der Waals surface area contributed by atoms with Crippen molar-refractivity contribution in [1.29, 1.82) is 5.26 Å². The summed E-state index contributed by atoms with van der Waals surface area (Å²) < 4.78 is 0. The predicted molar refractivity (Wildman–Crippen MR) is 98.5 cm³/mol. The number of amides is 1. The molecule has 132 valence electrons. The third-order valence-corrected chi connectivity index (χ3v) is 4.47. The maximum Gasteiger partial charge on any atom is 0.270 e. The van der Waals surface area contributed by atoms with E-state index in [0.717, 1.165) is 5.56 Å². The lowest BCUT2D eigenvalue weighted by molar-refractivity contribution is 0.0945. The molecule has 0 atom stereocenters. The molecule has 3 heterocycles. The van der Waals surface area contributed by atoms with Crippen molar-refractivity contribution in [1.82, 2.24) is 20.3 Å². The average molecular weight is 356 g/mol. The van der Waals surface area contributed by atoms with E-state index in [9.17, 15) is 10.1 Å². The van der Waals surface area contributed by atoms with Gasteiger partial charge in [0, 0.05) is 32.0 Å². The van der Waals surface area contributed by atoms with Gasteiger partial charge in [-0.2, -0.15) is 5.26 Å². The molecule has 1 N–H and O–H groups in total. The van der Waals surface area contributed by atoms with Crippen molar-refractivity contribution in [2.45, 2.75) is 19.6 Å². The summed E-state index contributed by atoms with van der Waals surface area (Å²) in [5, 5.41) is 12.2. The molecular weight excluding hydrogens is 340 g/mol. The normalized spacial score (nSPS) is 12.3. The highest BCUT2D eigenvalue weighted by molar-refractivity contribution is 5.91. The zero-order valence-electron chi connectivity index (χ0n) is 14.5. The van der Waals surface area contributed by atoms with Gasteiger partial charge in [-0.15, -0.1) is 0 Å². The van der Waals surface area contributed by atoms with Crippen LogP contribution in [0.5, 0.6) is 0 Å². The third kappa shape index (κ3) is 3.46. The van der Waals surface area contributed by atoms with Gasteiger partial charge in [0.15, 0.2) is 0 Å². The van der Waals surface area contributed by atoms with Crippen molar-refractivity contribution < 1.29 is 4.79 Å². The van der Waals surface area contributed by atoms with Crippen LogP contribution in [0.25, 0.3) is 0 Å². The number of anilines is 1. The molecule has 0 unspecified atom stereocenters. The first-order chi connectivity index (χ1) is 13.2. The SMILES string of the molecule is N#Cc1cccnc1N1Cc2ccc(CNC(=O)c3ccncn3)cc2C1. The van der Waals surface area contributed by atoms with Gasteiger partial charge in [-0.25, -0.2) is 15.0 Å². The van der Waals surface area contributed by atoms with E-state index in [1.807, 2.05) is 6.07 Å².